The lowest BCUT2D eigenvalue weighted by Gasteiger charge is -2.18. The first-order valence-corrected chi connectivity index (χ1v) is 7.84. The number of nitrogens with one attached hydrogen (secondary N) is 1. The Bertz CT molecular complexity index is 689. The molecule has 22 heavy (non-hydrogen) atoms. The van der Waals surface area contributed by atoms with E-state index in [0.29, 0.717) is 0 Å². The second kappa shape index (κ2) is 7.59. The number of rotatable bonds is 7. The molecule has 1 aromatic rings. The molecule has 0 aliphatic carbocycles. The van der Waals surface area contributed by atoms with Gasteiger partial charge in [-0.1, -0.05) is 5.92 Å². The van der Waals surface area contributed by atoms with Gasteiger partial charge >= 0.3 is 5.97 Å². The van der Waals surface area contributed by atoms with Crippen molar-refractivity contribution < 1.29 is 23.1 Å². The molecule has 0 saturated heterocycles. The van der Waals surface area contributed by atoms with E-state index in [-0.39, 0.29) is 23.5 Å². The molecule has 118 valence electrons. The highest BCUT2D eigenvalue weighted by molar-refractivity contribution is 7.89. The molecule has 0 spiro atoms. The topological polar surface area (TPSA) is 104 Å². The summed E-state index contributed by atoms with van der Waals surface area (Å²) in [4.78, 5) is 23.9. The van der Waals surface area contributed by atoms with Crippen LogP contribution in [0.2, 0.25) is 0 Å². The fraction of sp³-hybridized carbons (Fsp3) is 0.286. The molecule has 2 N–H and O–H groups in total. The summed E-state index contributed by atoms with van der Waals surface area (Å²) in [7, 11) is -3.72. The van der Waals surface area contributed by atoms with Crippen molar-refractivity contribution in [3.63, 3.8) is 0 Å². The van der Waals surface area contributed by atoms with Gasteiger partial charge in [0.25, 0.3) is 5.91 Å². The number of benzene rings is 1. The van der Waals surface area contributed by atoms with Crippen LogP contribution in [0, 0.1) is 12.3 Å². The maximum atomic E-state index is 12.1. The monoisotopic (exact) mass is 324 g/mol. The highest BCUT2D eigenvalue weighted by atomic mass is 32.2. The summed E-state index contributed by atoms with van der Waals surface area (Å²) >= 11 is 0. The Balaban J connectivity index is 2.95. The van der Waals surface area contributed by atoms with Gasteiger partial charge < -0.3 is 10.0 Å². The van der Waals surface area contributed by atoms with Crippen molar-refractivity contribution in [3.8, 4) is 12.3 Å². The highest BCUT2D eigenvalue weighted by Crippen LogP contribution is 2.12. The van der Waals surface area contributed by atoms with Crippen LogP contribution in [0.4, 0.5) is 0 Å². The minimum atomic E-state index is -3.72. The number of likely N-dealkylation sites (N-methyl/N-ethyl adjacent to an activating group) is 1. The Kier molecular flexibility index (Phi) is 6.10. The van der Waals surface area contributed by atoms with Gasteiger partial charge in [0, 0.05) is 12.1 Å². The van der Waals surface area contributed by atoms with Crippen LogP contribution in [-0.4, -0.2) is 49.9 Å². The Labute approximate surface area is 129 Å². The van der Waals surface area contributed by atoms with Crippen molar-refractivity contribution in [1.29, 1.82) is 0 Å². The zero-order valence-electron chi connectivity index (χ0n) is 11.9. The number of carbonyl (C=O) groups excluding carboxylic acids is 1. The summed E-state index contributed by atoms with van der Waals surface area (Å²) in [6.45, 7) is 1.34. The van der Waals surface area contributed by atoms with Crippen LogP contribution in [-0.2, 0) is 14.8 Å². The number of carboxylic acid groups (broad SMARTS) is 1. The van der Waals surface area contributed by atoms with Crippen molar-refractivity contribution in [2.24, 2.45) is 0 Å². The minimum Gasteiger partial charge on any atom is -0.480 e. The number of hydrogen-bond acceptors (Lipinski definition) is 4. The van der Waals surface area contributed by atoms with Gasteiger partial charge in [-0.05, 0) is 31.2 Å². The lowest BCUT2D eigenvalue weighted by molar-refractivity contribution is -0.137. The molecule has 0 fully saturated rings. The zero-order chi connectivity index (χ0) is 16.8. The molecular weight excluding hydrogens is 308 g/mol. The van der Waals surface area contributed by atoms with Gasteiger partial charge in [0.15, 0.2) is 0 Å². The van der Waals surface area contributed by atoms with Crippen LogP contribution in [0.25, 0.3) is 0 Å². The molecule has 7 nitrogen and oxygen atoms in total. The maximum absolute atomic E-state index is 12.1. The summed E-state index contributed by atoms with van der Waals surface area (Å²) in [5.74, 6) is 0.558. The Morgan fingerprint density at radius 1 is 1.32 bits per heavy atom. The first-order chi connectivity index (χ1) is 10.3. The predicted molar refractivity (Wildman–Crippen MR) is 79.7 cm³/mol. The van der Waals surface area contributed by atoms with Gasteiger partial charge in [0.1, 0.15) is 6.54 Å². The second-order valence-electron chi connectivity index (χ2n) is 4.27. The lowest BCUT2D eigenvalue weighted by atomic mass is 10.2. The van der Waals surface area contributed by atoms with Gasteiger partial charge in [-0.15, -0.1) is 6.42 Å². The van der Waals surface area contributed by atoms with E-state index in [1.54, 1.807) is 6.92 Å². The molecule has 0 heterocycles. The molecule has 1 amide bonds. The van der Waals surface area contributed by atoms with Crippen molar-refractivity contribution in [1.82, 2.24) is 9.62 Å². The molecule has 0 aliphatic rings. The number of aliphatic carboxylic acids is 1. The number of nitrogens with zero attached hydrogens (tertiary/aromatic N) is 1. The van der Waals surface area contributed by atoms with E-state index < -0.39 is 28.4 Å². The Morgan fingerprint density at radius 3 is 2.36 bits per heavy atom. The predicted octanol–water partition coefficient (Wildman–Crippen LogP) is 0.145. The number of terminal acetylenes is 1. The van der Waals surface area contributed by atoms with Crippen LogP contribution in [0.1, 0.15) is 17.3 Å². The van der Waals surface area contributed by atoms with E-state index in [2.05, 4.69) is 10.6 Å². The van der Waals surface area contributed by atoms with Crippen molar-refractivity contribution >= 4 is 21.9 Å². The van der Waals surface area contributed by atoms with Crippen molar-refractivity contribution in [3.05, 3.63) is 29.8 Å². The third-order valence-corrected chi connectivity index (χ3v) is 4.19. The van der Waals surface area contributed by atoms with E-state index in [4.69, 9.17) is 11.5 Å². The molecule has 0 radical (unpaired) electrons. The molecule has 0 aromatic heterocycles. The SMILES string of the molecule is C#CCNS(=O)(=O)c1ccc(C(=O)N(CC)CC(=O)O)cc1. The van der Waals surface area contributed by atoms with E-state index in [9.17, 15) is 18.0 Å². The quantitative estimate of drug-likeness (QED) is 0.695. The van der Waals surface area contributed by atoms with Gasteiger partial charge in [-0.2, -0.15) is 4.72 Å². The summed E-state index contributed by atoms with van der Waals surface area (Å²) in [6.07, 6.45) is 4.99. The maximum Gasteiger partial charge on any atom is 0.323 e. The average Bonchev–Trinajstić information content (AvgIpc) is 2.50. The van der Waals surface area contributed by atoms with Crippen molar-refractivity contribution in [2.75, 3.05) is 19.6 Å². The van der Waals surface area contributed by atoms with Crippen LogP contribution in [0.5, 0.6) is 0 Å². The van der Waals surface area contributed by atoms with Crippen LogP contribution in [0.15, 0.2) is 29.2 Å². The molecule has 0 unspecified atom stereocenters. The van der Waals surface area contributed by atoms with E-state index in [0.717, 1.165) is 4.90 Å². The average molecular weight is 324 g/mol. The summed E-state index contributed by atoms with van der Waals surface area (Å²) in [5, 5.41) is 8.75. The van der Waals surface area contributed by atoms with Crippen LogP contribution in [0.3, 0.4) is 0 Å². The molecule has 0 aliphatic heterocycles. The number of carboxylic acids is 1. The second-order valence-corrected chi connectivity index (χ2v) is 6.03. The first kappa shape index (κ1) is 17.7. The van der Waals surface area contributed by atoms with Gasteiger partial charge in [0.2, 0.25) is 10.0 Å². The Morgan fingerprint density at radius 2 is 1.91 bits per heavy atom. The molecule has 0 bridgehead atoms. The number of hydrogen-bond donors (Lipinski definition) is 2. The highest BCUT2D eigenvalue weighted by Gasteiger charge is 2.18. The lowest BCUT2D eigenvalue weighted by Crippen LogP contribution is -2.35. The molecule has 0 atom stereocenters. The minimum absolute atomic E-state index is 0.0272. The smallest absolute Gasteiger partial charge is 0.323 e. The largest absolute Gasteiger partial charge is 0.480 e. The summed E-state index contributed by atoms with van der Waals surface area (Å²) < 4.78 is 25.9. The Hall–Kier alpha value is -2.37. The van der Waals surface area contributed by atoms with Crippen LogP contribution < -0.4 is 4.72 Å². The standard InChI is InChI=1S/C14H16N2O5S/c1-3-9-15-22(20,21)12-7-5-11(6-8-12)14(19)16(4-2)10-13(17)18/h1,5-8,15H,4,9-10H2,2H3,(H,17,18). The number of amides is 1. The molecule has 1 rings (SSSR count). The van der Waals surface area contributed by atoms with E-state index in [1.807, 2.05) is 0 Å². The normalized spacial score (nSPS) is 10.7. The zero-order valence-corrected chi connectivity index (χ0v) is 12.8. The third kappa shape index (κ3) is 4.58. The van der Waals surface area contributed by atoms with E-state index in [1.165, 1.54) is 24.3 Å². The van der Waals surface area contributed by atoms with Crippen molar-refractivity contribution in [2.45, 2.75) is 11.8 Å². The summed E-state index contributed by atoms with van der Waals surface area (Å²) in [5.41, 5.74) is 0.207. The van der Waals surface area contributed by atoms with Gasteiger partial charge in [-0.3, -0.25) is 9.59 Å². The van der Waals surface area contributed by atoms with Gasteiger partial charge in [0.05, 0.1) is 11.4 Å². The molecule has 0 saturated carbocycles. The number of carbonyl (C=O) groups is 2. The number of sulfonamides is 1. The third-order valence-electron chi connectivity index (χ3n) is 2.77. The molecule has 1 aromatic carbocycles. The van der Waals surface area contributed by atoms with Gasteiger partial charge in [-0.25, -0.2) is 8.42 Å². The summed E-state index contributed by atoms with van der Waals surface area (Å²) in [6, 6.07) is 5.19. The molecule has 8 heteroatoms. The van der Waals surface area contributed by atoms with Crippen LogP contribution >= 0.6 is 0 Å². The fourth-order valence-corrected chi connectivity index (χ4v) is 2.60. The van der Waals surface area contributed by atoms with E-state index >= 15 is 0 Å². The molecular formula is C14H16N2O5S. The fourth-order valence-electron chi connectivity index (χ4n) is 1.67. The first-order valence-electron chi connectivity index (χ1n) is 6.36.